The van der Waals surface area contributed by atoms with Gasteiger partial charge in [0.2, 0.25) is 5.13 Å². The van der Waals surface area contributed by atoms with Crippen molar-refractivity contribution in [1.29, 1.82) is 0 Å². The van der Waals surface area contributed by atoms with Gasteiger partial charge in [-0.3, -0.25) is 5.43 Å². The lowest BCUT2D eigenvalue weighted by molar-refractivity contribution is 0.284. The van der Waals surface area contributed by atoms with E-state index in [9.17, 15) is 0 Å². The largest absolute Gasteiger partial charge is 0.493 e. The fourth-order valence-electron chi connectivity index (χ4n) is 2.12. The molecule has 6 nitrogen and oxygen atoms in total. The summed E-state index contributed by atoms with van der Waals surface area (Å²) < 4.78 is 11.2. The number of methoxy groups -OCH3 is 1. The van der Waals surface area contributed by atoms with Crippen molar-refractivity contribution >= 4 is 40.1 Å². The molecule has 0 fully saturated rings. The number of hydrazone groups is 1. The Morgan fingerprint density at radius 1 is 1.23 bits per heavy atom. The summed E-state index contributed by atoms with van der Waals surface area (Å²) in [6, 6.07) is 13.1. The SMILES string of the molecule is COc1cc(C=NNc2nc(N)cs2)ccc1OCc1ccc(Cl)cc1. The Hall–Kier alpha value is -2.77. The van der Waals surface area contributed by atoms with Crippen LogP contribution in [0.25, 0.3) is 0 Å². The summed E-state index contributed by atoms with van der Waals surface area (Å²) in [6.45, 7) is 0.425. The van der Waals surface area contributed by atoms with Gasteiger partial charge < -0.3 is 15.2 Å². The minimum absolute atomic E-state index is 0.425. The summed E-state index contributed by atoms with van der Waals surface area (Å²) in [5, 5.41) is 7.22. The number of hydrogen-bond donors (Lipinski definition) is 2. The Morgan fingerprint density at radius 2 is 2.04 bits per heavy atom. The standard InChI is InChI=1S/C18H17ClN4O2S/c1-24-16-8-13(9-21-23-18-22-17(20)11-26-18)4-7-15(16)25-10-12-2-5-14(19)6-3-12/h2-9,11H,10,20H2,1H3,(H,22,23). The Morgan fingerprint density at radius 3 is 2.73 bits per heavy atom. The van der Waals surface area contributed by atoms with E-state index in [-0.39, 0.29) is 0 Å². The van der Waals surface area contributed by atoms with Gasteiger partial charge in [0.1, 0.15) is 12.4 Å². The first-order valence-corrected chi connectivity index (χ1v) is 8.95. The molecule has 1 heterocycles. The molecule has 134 valence electrons. The van der Waals surface area contributed by atoms with Gasteiger partial charge >= 0.3 is 0 Å². The second-order valence-electron chi connectivity index (χ2n) is 5.27. The van der Waals surface area contributed by atoms with Crippen molar-refractivity contribution in [2.24, 2.45) is 5.10 Å². The van der Waals surface area contributed by atoms with Crippen LogP contribution in [0.2, 0.25) is 5.02 Å². The average molecular weight is 389 g/mol. The first-order valence-electron chi connectivity index (χ1n) is 7.69. The second-order valence-corrected chi connectivity index (χ2v) is 6.57. The molecular weight excluding hydrogens is 372 g/mol. The predicted molar refractivity (Wildman–Crippen MR) is 107 cm³/mol. The predicted octanol–water partition coefficient (Wildman–Crippen LogP) is 4.41. The Kier molecular flexibility index (Phi) is 5.93. The fourth-order valence-corrected chi connectivity index (χ4v) is 2.80. The number of rotatable bonds is 7. The Bertz CT molecular complexity index is 896. The van der Waals surface area contributed by atoms with Crippen molar-refractivity contribution in [2.75, 3.05) is 18.3 Å². The van der Waals surface area contributed by atoms with Crippen LogP contribution < -0.4 is 20.6 Å². The number of aromatic nitrogens is 1. The summed E-state index contributed by atoms with van der Waals surface area (Å²) in [7, 11) is 1.60. The van der Waals surface area contributed by atoms with Gasteiger partial charge in [-0.1, -0.05) is 23.7 Å². The third-order valence-electron chi connectivity index (χ3n) is 3.39. The third-order valence-corrected chi connectivity index (χ3v) is 4.41. The number of thiazole rings is 1. The van der Waals surface area contributed by atoms with Gasteiger partial charge in [-0.15, -0.1) is 11.3 Å². The minimum atomic E-state index is 0.425. The number of nitrogens with zero attached hydrogens (tertiary/aromatic N) is 2. The summed E-state index contributed by atoms with van der Waals surface area (Å²) >= 11 is 7.27. The first-order chi connectivity index (χ1) is 12.6. The van der Waals surface area contributed by atoms with Crippen LogP contribution in [0.4, 0.5) is 10.9 Å². The molecule has 8 heteroatoms. The maximum atomic E-state index is 5.89. The molecule has 3 aromatic rings. The first kappa shape index (κ1) is 18.0. The maximum absolute atomic E-state index is 5.89. The lowest BCUT2D eigenvalue weighted by Gasteiger charge is -2.11. The molecule has 1 aromatic heterocycles. The number of anilines is 2. The highest BCUT2D eigenvalue weighted by Gasteiger charge is 2.06. The molecule has 3 rings (SSSR count). The van der Waals surface area contributed by atoms with E-state index in [1.807, 2.05) is 42.5 Å². The molecule has 0 atom stereocenters. The lowest BCUT2D eigenvalue weighted by Crippen LogP contribution is -1.98. The molecule has 0 spiro atoms. The third kappa shape index (κ3) is 4.87. The molecule has 0 bridgehead atoms. The van der Waals surface area contributed by atoms with Gasteiger partial charge in [-0.25, -0.2) is 4.98 Å². The quantitative estimate of drug-likeness (QED) is 0.462. The minimum Gasteiger partial charge on any atom is -0.493 e. The van der Waals surface area contributed by atoms with Crippen LogP contribution in [0.5, 0.6) is 11.5 Å². The number of benzene rings is 2. The topological polar surface area (TPSA) is 81.8 Å². The molecule has 0 amide bonds. The molecule has 0 aliphatic heterocycles. The number of ether oxygens (including phenoxy) is 2. The van der Waals surface area contributed by atoms with Gasteiger partial charge in [0.25, 0.3) is 0 Å². The van der Waals surface area contributed by atoms with Crippen molar-refractivity contribution in [3.8, 4) is 11.5 Å². The molecule has 0 aliphatic carbocycles. The van der Waals surface area contributed by atoms with E-state index < -0.39 is 0 Å². The lowest BCUT2D eigenvalue weighted by atomic mass is 10.2. The molecule has 3 N–H and O–H groups in total. The highest BCUT2D eigenvalue weighted by Crippen LogP contribution is 2.28. The zero-order chi connectivity index (χ0) is 18.4. The van der Waals surface area contributed by atoms with Crippen molar-refractivity contribution in [3.05, 3.63) is 64.0 Å². The summed E-state index contributed by atoms with van der Waals surface area (Å²) in [5.74, 6) is 1.75. The van der Waals surface area contributed by atoms with Crippen LogP contribution >= 0.6 is 22.9 Å². The number of hydrogen-bond acceptors (Lipinski definition) is 7. The van der Waals surface area contributed by atoms with E-state index in [1.54, 1.807) is 18.7 Å². The molecule has 0 radical (unpaired) electrons. The molecule has 2 aromatic carbocycles. The van der Waals surface area contributed by atoms with Crippen molar-refractivity contribution < 1.29 is 9.47 Å². The van der Waals surface area contributed by atoms with Crippen LogP contribution in [0.15, 0.2) is 52.9 Å². The summed E-state index contributed by atoms with van der Waals surface area (Å²) in [5.41, 5.74) is 10.3. The second kappa shape index (κ2) is 8.55. The van der Waals surface area contributed by atoms with Crippen molar-refractivity contribution in [2.45, 2.75) is 6.61 Å². The summed E-state index contributed by atoms with van der Waals surface area (Å²) in [4.78, 5) is 4.07. The van der Waals surface area contributed by atoms with Gasteiger partial charge in [0, 0.05) is 10.4 Å². The number of nitrogens with one attached hydrogen (secondary N) is 1. The molecular formula is C18H17ClN4O2S. The fraction of sp³-hybridized carbons (Fsp3) is 0.111. The van der Waals surface area contributed by atoms with Crippen molar-refractivity contribution in [1.82, 2.24) is 4.98 Å². The summed E-state index contributed by atoms with van der Waals surface area (Å²) in [6.07, 6.45) is 1.67. The van der Waals surface area contributed by atoms with Crippen LogP contribution in [0.1, 0.15) is 11.1 Å². The van der Waals surface area contributed by atoms with E-state index in [1.165, 1.54) is 11.3 Å². The van der Waals surface area contributed by atoms with E-state index in [0.717, 1.165) is 11.1 Å². The Labute approximate surface area is 160 Å². The zero-order valence-corrected chi connectivity index (χ0v) is 15.6. The molecule has 0 saturated heterocycles. The molecule has 0 saturated carbocycles. The number of nitrogens with two attached hydrogens (primary N) is 1. The number of halogens is 1. The van der Waals surface area contributed by atoms with Crippen LogP contribution in [-0.4, -0.2) is 18.3 Å². The van der Waals surface area contributed by atoms with Gasteiger partial charge in [0.15, 0.2) is 11.5 Å². The monoisotopic (exact) mass is 388 g/mol. The van der Waals surface area contributed by atoms with Crippen LogP contribution in [-0.2, 0) is 6.61 Å². The van der Waals surface area contributed by atoms with Crippen LogP contribution in [0.3, 0.4) is 0 Å². The van der Waals surface area contributed by atoms with E-state index in [4.69, 9.17) is 26.8 Å². The zero-order valence-electron chi connectivity index (χ0n) is 14.0. The molecule has 0 aliphatic rings. The van der Waals surface area contributed by atoms with Gasteiger partial charge in [-0.2, -0.15) is 5.10 Å². The highest BCUT2D eigenvalue weighted by molar-refractivity contribution is 7.14. The average Bonchev–Trinajstić information content (AvgIpc) is 3.07. The van der Waals surface area contributed by atoms with E-state index in [2.05, 4.69) is 15.5 Å². The van der Waals surface area contributed by atoms with E-state index in [0.29, 0.717) is 34.1 Å². The normalized spacial score (nSPS) is 10.8. The van der Waals surface area contributed by atoms with Crippen molar-refractivity contribution in [3.63, 3.8) is 0 Å². The van der Waals surface area contributed by atoms with Crippen LogP contribution in [0, 0.1) is 0 Å². The van der Waals surface area contributed by atoms with E-state index >= 15 is 0 Å². The smallest absolute Gasteiger partial charge is 0.205 e. The Balaban J connectivity index is 1.63. The molecule has 0 unspecified atom stereocenters. The maximum Gasteiger partial charge on any atom is 0.205 e. The molecule has 26 heavy (non-hydrogen) atoms. The number of nitrogen functional groups attached to an aromatic ring is 1. The van der Waals surface area contributed by atoms with Gasteiger partial charge in [0.05, 0.1) is 13.3 Å². The van der Waals surface area contributed by atoms with Gasteiger partial charge in [-0.05, 0) is 41.5 Å². The highest BCUT2D eigenvalue weighted by atomic mass is 35.5.